The first-order valence-corrected chi connectivity index (χ1v) is 18.0. The van der Waals surface area contributed by atoms with Gasteiger partial charge in [0.25, 0.3) is 0 Å². The third-order valence-electron chi connectivity index (χ3n) is 10.6. The third-order valence-corrected chi connectivity index (χ3v) is 10.6. The smallest absolute Gasteiger partial charge is 0.399 e. The van der Waals surface area contributed by atoms with Crippen LogP contribution in [0.4, 0.5) is 17.1 Å². The van der Waals surface area contributed by atoms with Crippen LogP contribution >= 0.6 is 0 Å². The summed E-state index contributed by atoms with van der Waals surface area (Å²) in [5.41, 5.74) is 12.6. The monoisotopic (exact) mass is 675 g/mol. The summed E-state index contributed by atoms with van der Waals surface area (Å²) in [4.78, 5) is 2.36. The van der Waals surface area contributed by atoms with E-state index in [-0.39, 0.29) is 0 Å². The van der Waals surface area contributed by atoms with Gasteiger partial charge in [0.15, 0.2) is 0 Å². The molecule has 0 bridgehead atoms. The minimum Gasteiger partial charge on any atom is -0.399 e. The van der Waals surface area contributed by atoms with E-state index in [0.29, 0.717) is 0 Å². The highest BCUT2D eigenvalue weighted by Crippen LogP contribution is 2.43. The second-order valence-corrected chi connectivity index (χ2v) is 14.5. The highest BCUT2D eigenvalue weighted by atomic mass is 16.7. The predicted octanol–water partition coefficient (Wildman–Crippen LogP) is 12.1. The normalized spacial score (nSPS) is 14.7. The summed E-state index contributed by atoms with van der Waals surface area (Å²) in [6.45, 7) is 8.41. The van der Waals surface area contributed by atoms with Crippen LogP contribution in [0.5, 0.6) is 0 Å². The number of hydrogen-bond acceptors (Lipinski definition) is 3. The Balaban J connectivity index is 1.27. The van der Waals surface area contributed by atoms with Crippen molar-refractivity contribution < 1.29 is 9.31 Å². The van der Waals surface area contributed by atoms with Gasteiger partial charge in [0.05, 0.1) is 16.9 Å². The largest absolute Gasteiger partial charge is 0.494 e. The molecular weight excluding hydrogens is 633 g/mol. The Morgan fingerprint density at radius 1 is 0.385 bits per heavy atom. The lowest BCUT2D eigenvalue weighted by molar-refractivity contribution is 0.00578. The minimum absolute atomic E-state index is 0.444. The van der Waals surface area contributed by atoms with Gasteiger partial charge in [-0.05, 0) is 102 Å². The number of benzene rings is 7. The Morgan fingerprint density at radius 3 is 1.13 bits per heavy atom. The number of anilines is 3. The van der Waals surface area contributed by atoms with Crippen LogP contribution in [0.25, 0.3) is 44.5 Å². The summed E-state index contributed by atoms with van der Waals surface area (Å²) in [5.74, 6) is 0. The Hall–Kier alpha value is -5.68. The Bertz CT molecular complexity index is 2170. The lowest BCUT2D eigenvalue weighted by Gasteiger charge is -2.32. The second-order valence-electron chi connectivity index (χ2n) is 14.5. The first-order valence-electron chi connectivity index (χ1n) is 18.0. The summed E-state index contributed by atoms with van der Waals surface area (Å²) >= 11 is 0. The minimum atomic E-state index is -0.481. The first kappa shape index (κ1) is 33.5. The van der Waals surface area contributed by atoms with E-state index in [1.165, 1.54) is 33.4 Å². The van der Waals surface area contributed by atoms with Crippen molar-refractivity contribution >= 4 is 29.6 Å². The molecule has 1 heterocycles. The average Bonchev–Trinajstić information content (AvgIpc) is 3.42. The fraction of sp³-hybridized carbons (Fsp3) is 0.125. The molecule has 0 N–H and O–H groups in total. The molecule has 1 saturated heterocycles. The summed E-state index contributed by atoms with van der Waals surface area (Å²) < 4.78 is 13.1. The van der Waals surface area contributed by atoms with E-state index in [0.717, 1.165) is 33.7 Å². The van der Waals surface area contributed by atoms with Crippen molar-refractivity contribution in [2.45, 2.75) is 38.9 Å². The second kappa shape index (κ2) is 13.8. The molecule has 0 aromatic heterocycles. The molecular formula is C48H42BNO2. The number of hydrogen-bond donors (Lipinski definition) is 0. The standard InChI is InChI=1S/C48H42BNO2/c1-47(2)48(3,4)52-49(51-47)42-28-33-46(45(34-42)41-22-20-38(21-23-41)35-14-8-5-9-15-35)50(43-29-24-39(25-30-43)36-16-10-6-11-17-36)44-31-26-40(27-32-44)37-18-12-7-13-19-37/h5-34H,1-4H3. The molecule has 254 valence electrons. The van der Waals surface area contributed by atoms with Crippen molar-refractivity contribution in [1.82, 2.24) is 0 Å². The van der Waals surface area contributed by atoms with Crippen LogP contribution in [0.3, 0.4) is 0 Å². The lowest BCUT2D eigenvalue weighted by Crippen LogP contribution is -2.41. The molecule has 1 aliphatic heterocycles. The molecule has 0 spiro atoms. The van der Waals surface area contributed by atoms with Gasteiger partial charge in [-0.15, -0.1) is 0 Å². The summed E-state index contributed by atoms with van der Waals surface area (Å²) in [7, 11) is -0.481. The van der Waals surface area contributed by atoms with Gasteiger partial charge < -0.3 is 14.2 Å². The quantitative estimate of drug-likeness (QED) is 0.150. The Morgan fingerprint density at radius 2 is 0.731 bits per heavy atom. The fourth-order valence-corrected chi connectivity index (χ4v) is 6.87. The molecule has 0 aliphatic carbocycles. The van der Waals surface area contributed by atoms with Gasteiger partial charge in [0.2, 0.25) is 0 Å². The summed E-state index contributed by atoms with van der Waals surface area (Å²) in [6.07, 6.45) is 0. The zero-order valence-corrected chi connectivity index (χ0v) is 30.2. The predicted molar refractivity (Wildman–Crippen MR) is 219 cm³/mol. The van der Waals surface area contributed by atoms with Crippen molar-refractivity contribution in [2.24, 2.45) is 0 Å². The maximum absolute atomic E-state index is 6.56. The van der Waals surface area contributed by atoms with Crippen molar-refractivity contribution in [3.8, 4) is 44.5 Å². The number of nitrogens with zero attached hydrogens (tertiary/aromatic N) is 1. The van der Waals surface area contributed by atoms with Crippen LogP contribution in [-0.2, 0) is 9.31 Å². The molecule has 7 aromatic rings. The van der Waals surface area contributed by atoms with Crippen LogP contribution in [0.15, 0.2) is 182 Å². The molecule has 0 amide bonds. The van der Waals surface area contributed by atoms with E-state index in [1.807, 2.05) is 0 Å². The molecule has 1 aliphatic rings. The van der Waals surface area contributed by atoms with Crippen molar-refractivity contribution in [3.63, 3.8) is 0 Å². The van der Waals surface area contributed by atoms with Gasteiger partial charge >= 0.3 is 7.12 Å². The Labute approximate surface area is 308 Å². The molecule has 0 atom stereocenters. The van der Waals surface area contributed by atoms with Crippen LogP contribution < -0.4 is 10.4 Å². The first-order chi connectivity index (χ1) is 25.3. The van der Waals surface area contributed by atoms with E-state index in [2.05, 4.69) is 215 Å². The number of rotatable bonds is 8. The van der Waals surface area contributed by atoms with Crippen LogP contribution in [-0.4, -0.2) is 18.3 Å². The van der Waals surface area contributed by atoms with E-state index in [4.69, 9.17) is 9.31 Å². The topological polar surface area (TPSA) is 21.7 Å². The maximum atomic E-state index is 6.56. The van der Waals surface area contributed by atoms with Crippen LogP contribution in [0.1, 0.15) is 27.7 Å². The van der Waals surface area contributed by atoms with Crippen LogP contribution in [0, 0.1) is 0 Å². The molecule has 7 aromatic carbocycles. The lowest BCUT2D eigenvalue weighted by atomic mass is 9.77. The average molecular weight is 676 g/mol. The zero-order valence-electron chi connectivity index (χ0n) is 30.2. The SMILES string of the molecule is CC1(C)OB(c2ccc(N(c3ccc(-c4ccccc4)cc3)c3ccc(-c4ccccc4)cc3)c(-c3ccc(-c4ccccc4)cc3)c2)OC1(C)C. The van der Waals surface area contributed by atoms with E-state index < -0.39 is 18.3 Å². The van der Waals surface area contributed by atoms with Crippen molar-refractivity contribution in [3.05, 3.63) is 182 Å². The fourth-order valence-electron chi connectivity index (χ4n) is 6.87. The molecule has 0 saturated carbocycles. The van der Waals surface area contributed by atoms with E-state index in [1.54, 1.807) is 0 Å². The summed E-state index contributed by atoms with van der Waals surface area (Å²) in [6, 6.07) is 64.8. The van der Waals surface area contributed by atoms with Gasteiger partial charge in [-0.2, -0.15) is 0 Å². The maximum Gasteiger partial charge on any atom is 0.494 e. The van der Waals surface area contributed by atoms with Gasteiger partial charge in [0.1, 0.15) is 0 Å². The molecule has 52 heavy (non-hydrogen) atoms. The van der Waals surface area contributed by atoms with Crippen molar-refractivity contribution in [1.29, 1.82) is 0 Å². The molecule has 1 fully saturated rings. The van der Waals surface area contributed by atoms with Crippen molar-refractivity contribution in [2.75, 3.05) is 4.90 Å². The molecule has 3 nitrogen and oxygen atoms in total. The van der Waals surface area contributed by atoms with E-state index in [9.17, 15) is 0 Å². The highest BCUT2D eigenvalue weighted by Gasteiger charge is 2.51. The van der Waals surface area contributed by atoms with Gasteiger partial charge in [-0.25, -0.2) is 0 Å². The summed E-state index contributed by atoms with van der Waals surface area (Å²) in [5, 5.41) is 0. The molecule has 0 unspecified atom stereocenters. The van der Waals surface area contributed by atoms with E-state index >= 15 is 0 Å². The highest BCUT2D eigenvalue weighted by molar-refractivity contribution is 6.62. The van der Waals surface area contributed by atoms with Crippen LogP contribution in [0.2, 0.25) is 0 Å². The molecule has 8 rings (SSSR count). The van der Waals surface area contributed by atoms with Gasteiger partial charge in [-0.1, -0.05) is 152 Å². The molecule has 0 radical (unpaired) electrons. The zero-order chi connectivity index (χ0) is 35.7. The van der Waals surface area contributed by atoms with Gasteiger partial charge in [0, 0.05) is 16.9 Å². The van der Waals surface area contributed by atoms with Gasteiger partial charge in [-0.3, -0.25) is 0 Å². The Kier molecular flexibility index (Phi) is 8.88. The molecule has 4 heteroatoms. The third kappa shape index (κ3) is 6.59.